The Morgan fingerprint density at radius 3 is 2.60 bits per heavy atom. The Bertz CT molecular complexity index is 564. The topological polar surface area (TPSA) is 29.5 Å². The summed E-state index contributed by atoms with van der Waals surface area (Å²) in [6.45, 7) is 2.88. The molecule has 0 N–H and O–H groups in total. The number of benzene rings is 1. The summed E-state index contributed by atoms with van der Waals surface area (Å²) in [6, 6.07) is 9.68. The standard InChI is InChI=1S/C15H17NO2S.W/c17-19(13-6-2-1-3-7-13)15-8-11-18-14(15)12-16-9-4-5-10-16;/h1-3,6-7H,4-5,8-11H2;. The molecule has 3 rings (SSSR count). The molecule has 20 heavy (non-hydrogen) atoms. The number of hydrogen-bond acceptors (Lipinski definition) is 3. The first-order valence-corrected chi connectivity index (χ1v) is 9.51. The van der Waals surface area contributed by atoms with Crippen LogP contribution >= 0.6 is 0 Å². The maximum atomic E-state index is 12.7. The van der Waals surface area contributed by atoms with Gasteiger partial charge in [-0.2, -0.15) is 0 Å². The van der Waals surface area contributed by atoms with E-state index in [0.717, 1.165) is 35.1 Å². The molecule has 5 heteroatoms. The van der Waals surface area contributed by atoms with Gasteiger partial charge in [-0.05, 0) is 0 Å². The third-order valence-corrected chi connectivity index (χ3v) is 6.73. The van der Waals surface area contributed by atoms with Gasteiger partial charge < -0.3 is 0 Å². The van der Waals surface area contributed by atoms with Crippen LogP contribution in [0.2, 0.25) is 0 Å². The average molecular weight is 459 g/mol. The molecule has 1 saturated heterocycles. The van der Waals surface area contributed by atoms with E-state index in [0.29, 0.717) is 6.61 Å². The molecule has 0 aromatic heterocycles. The molecular weight excluding hydrogens is 442 g/mol. The van der Waals surface area contributed by atoms with Gasteiger partial charge in [0.05, 0.1) is 0 Å². The van der Waals surface area contributed by atoms with E-state index in [9.17, 15) is 4.21 Å². The minimum atomic E-state index is -1.09. The van der Waals surface area contributed by atoms with Crippen LogP contribution in [0.1, 0.15) is 19.3 Å². The molecular formula is C15H17NO2SW. The molecule has 1 aromatic rings. The van der Waals surface area contributed by atoms with E-state index < -0.39 is 10.8 Å². The molecule has 0 radical (unpaired) electrons. The van der Waals surface area contributed by atoms with Gasteiger partial charge in [-0.15, -0.1) is 0 Å². The molecule has 2 aliphatic rings. The van der Waals surface area contributed by atoms with Crippen LogP contribution in [0.3, 0.4) is 0 Å². The van der Waals surface area contributed by atoms with E-state index in [1.165, 1.54) is 36.2 Å². The molecule has 2 heterocycles. The predicted octanol–water partition coefficient (Wildman–Crippen LogP) is 2.20. The van der Waals surface area contributed by atoms with Crippen molar-refractivity contribution in [1.29, 1.82) is 0 Å². The fourth-order valence-electron chi connectivity index (χ4n) is 2.55. The van der Waals surface area contributed by atoms with Gasteiger partial charge in [0.15, 0.2) is 0 Å². The fraction of sp³-hybridized carbons (Fsp3) is 0.400. The van der Waals surface area contributed by atoms with Crippen molar-refractivity contribution in [2.75, 3.05) is 19.7 Å². The van der Waals surface area contributed by atoms with Crippen molar-refractivity contribution in [3.8, 4) is 0 Å². The van der Waals surface area contributed by atoms with Crippen molar-refractivity contribution in [2.45, 2.75) is 24.2 Å². The molecule has 0 saturated carbocycles. The van der Waals surface area contributed by atoms with E-state index in [2.05, 4.69) is 4.90 Å². The third-order valence-electron chi connectivity index (χ3n) is 3.60. The van der Waals surface area contributed by atoms with Crippen LogP contribution in [-0.2, 0) is 34.9 Å². The monoisotopic (exact) mass is 459 g/mol. The van der Waals surface area contributed by atoms with Gasteiger partial charge in [-0.3, -0.25) is 0 Å². The van der Waals surface area contributed by atoms with Gasteiger partial charge in [0.25, 0.3) is 0 Å². The summed E-state index contributed by atoms with van der Waals surface area (Å²) in [5, 5.41) is 0. The van der Waals surface area contributed by atoms with Crippen molar-refractivity contribution in [3.05, 3.63) is 41.0 Å². The first-order chi connectivity index (χ1) is 9.77. The quantitative estimate of drug-likeness (QED) is 0.692. The third kappa shape index (κ3) is 2.88. The first kappa shape index (κ1) is 14.4. The summed E-state index contributed by atoms with van der Waals surface area (Å²) in [5.74, 6) is 0.907. The van der Waals surface area contributed by atoms with Crippen LogP contribution in [0.4, 0.5) is 0 Å². The Hall–Kier alpha value is -0.572. The number of hydrogen-bond donors (Lipinski definition) is 0. The van der Waals surface area contributed by atoms with Crippen molar-refractivity contribution in [2.24, 2.45) is 0 Å². The van der Waals surface area contributed by atoms with Gasteiger partial charge in [-0.1, -0.05) is 0 Å². The van der Waals surface area contributed by atoms with Crippen LogP contribution in [0.25, 0.3) is 0 Å². The molecule has 0 spiro atoms. The zero-order chi connectivity index (χ0) is 13.9. The Labute approximate surface area is 132 Å². The van der Waals surface area contributed by atoms with E-state index in [1.54, 1.807) is 0 Å². The van der Waals surface area contributed by atoms with Crippen LogP contribution in [0, 0.1) is 0 Å². The first-order valence-electron chi connectivity index (χ1n) is 6.89. The summed E-state index contributed by atoms with van der Waals surface area (Å²) in [4.78, 5) is 4.22. The molecule has 1 aromatic carbocycles. The van der Waals surface area contributed by atoms with Gasteiger partial charge in [0, 0.05) is 0 Å². The fourth-order valence-corrected chi connectivity index (χ4v) is 5.40. The zero-order valence-corrected chi connectivity index (χ0v) is 15.0. The van der Waals surface area contributed by atoms with Gasteiger partial charge in [-0.25, -0.2) is 0 Å². The van der Waals surface area contributed by atoms with Crippen LogP contribution < -0.4 is 0 Å². The average Bonchev–Trinajstić information content (AvgIpc) is 3.18. The Balaban J connectivity index is 1.88. The number of rotatable bonds is 4. The summed E-state index contributed by atoms with van der Waals surface area (Å²) < 4.78 is 19.8. The van der Waals surface area contributed by atoms with Crippen molar-refractivity contribution in [3.63, 3.8) is 0 Å². The normalized spacial score (nSPS) is 21.0. The molecule has 1 fully saturated rings. The Morgan fingerprint density at radius 2 is 1.90 bits per heavy atom. The van der Waals surface area contributed by atoms with Gasteiger partial charge in [0.2, 0.25) is 0 Å². The van der Waals surface area contributed by atoms with E-state index in [4.69, 9.17) is 4.74 Å². The Morgan fingerprint density at radius 1 is 1.20 bits per heavy atom. The molecule has 106 valence electrons. The molecule has 0 bridgehead atoms. The van der Waals surface area contributed by atoms with Crippen molar-refractivity contribution < 1.29 is 28.3 Å². The second kappa shape index (κ2) is 6.46. The molecule has 0 aliphatic carbocycles. The van der Waals surface area contributed by atoms with E-state index in [1.807, 2.05) is 30.3 Å². The molecule has 2 aliphatic heterocycles. The van der Waals surface area contributed by atoms with Crippen LogP contribution in [-0.4, -0.2) is 32.8 Å². The number of nitrogens with zero attached hydrogens (tertiary/aromatic N) is 1. The summed E-state index contributed by atoms with van der Waals surface area (Å²) in [6.07, 6.45) is 3.28. The molecule has 0 amide bonds. The SMILES string of the molecule is O=S(C1=C([C](=[W])N2CCCC2)OCC1)c1ccccc1. The maximum absolute atomic E-state index is 12.7. The molecule has 1 unspecified atom stereocenters. The summed E-state index contributed by atoms with van der Waals surface area (Å²) >= 11 is 1.40. The second-order valence-electron chi connectivity index (χ2n) is 4.93. The molecule has 3 nitrogen and oxygen atoms in total. The predicted molar refractivity (Wildman–Crippen MR) is 76.3 cm³/mol. The van der Waals surface area contributed by atoms with Gasteiger partial charge >= 0.3 is 133 Å². The van der Waals surface area contributed by atoms with Crippen LogP contribution in [0.5, 0.6) is 0 Å². The summed E-state index contributed by atoms with van der Waals surface area (Å²) in [5.41, 5.74) is 0. The van der Waals surface area contributed by atoms with E-state index >= 15 is 0 Å². The van der Waals surface area contributed by atoms with Crippen molar-refractivity contribution >= 4 is 14.8 Å². The van der Waals surface area contributed by atoms with E-state index in [-0.39, 0.29) is 0 Å². The zero-order valence-electron chi connectivity index (χ0n) is 11.2. The van der Waals surface area contributed by atoms with Crippen molar-refractivity contribution in [1.82, 2.24) is 4.90 Å². The summed E-state index contributed by atoms with van der Waals surface area (Å²) in [7, 11) is -1.09. The number of ether oxygens (including phenoxy) is 1. The van der Waals surface area contributed by atoms with Gasteiger partial charge in [0.1, 0.15) is 0 Å². The second-order valence-corrected chi connectivity index (χ2v) is 7.82. The number of likely N-dealkylation sites (tertiary alicyclic amines) is 1. The Kier molecular flexibility index (Phi) is 4.64. The van der Waals surface area contributed by atoms with Crippen LogP contribution in [0.15, 0.2) is 45.9 Å². The minimum absolute atomic E-state index is 0.661. The molecule has 1 atom stereocenters.